The van der Waals surface area contributed by atoms with Crippen molar-refractivity contribution in [2.75, 3.05) is 45.8 Å². The molecule has 0 aromatic heterocycles. The number of sulfonamides is 1. The van der Waals surface area contributed by atoms with E-state index in [1.165, 1.54) is 30.7 Å². The Morgan fingerprint density at radius 2 is 1.72 bits per heavy atom. The maximum absolute atomic E-state index is 12.8. The van der Waals surface area contributed by atoms with E-state index in [-0.39, 0.29) is 10.5 Å². The molecule has 8 nitrogen and oxygen atoms in total. The van der Waals surface area contributed by atoms with Crippen molar-refractivity contribution in [3.05, 3.63) is 47.5 Å². The SMILES string of the molecule is COc1cc(C)c(NC(=O)c2cccc(S(=O)(=O)N3CCOCC3)c2)cc1OC. The smallest absolute Gasteiger partial charge is 0.255 e. The van der Waals surface area contributed by atoms with Gasteiger partial charge in [0.15, 0.2) is 11.5 Å². The van der Waals surface area contributed by atoms with E-state index in [0.717, 1.165) is 5.56 Å². The van der Waals surface area contributed by atoms with Crippen LogP contribution in [0.25, 0.3) is 0 Å². The molecule has 1 aliphatic heterocycles. The zero-order valence-electron chi connectivity index (χ0n) is 16.6. The van der Waals surface area contributed by atoms with E-state index in [1.807, 2.05) is 6.92 Å². The van der Waals surface area contributed by atoms with E-state index in [4.69, 9.17) is 14.2 Å². The van der Waals surface area contributed by atoms with Crippen molar-refractivity contribution < 1.29 is 27.4 Å². The number of rotatable bonds is 6. The Hall–Kier alpha value is -2.62. The number of morpholine rings is 1. The number of aryl methyl sites for hydroxylation is 1. The number of carbonyl (C=O) groups excluding carboxylic acids is 1. The number of anilines is 1. The first-order valence-electron chi connectivity index (χ1n) is 9.08. The van der Waals surface area contributed by atoms with Crippen molar-refractivity contribution in [1.29, 1.82) is 0 Å². The number of nitrogens with one attached hydrogen (secondary N) is 1. The molecule has 156 valence electrons. The highest BCUT2D eigenvalue weighted by molar-refractivity contribution is 7.89. The van der Waals surface area contributed by atoms with Crippen LogP contribution in [0.1, 0.15) is 15.9 Å². The molecule has 9 heteroatoms. The number of nitrogens with zero attached hydrogens (tertiary/aromatic N) is 1. The lowest BCUT2D eigenvalue weighted by atomic mass is 10.1. The van der Waals surface area contributed by atoms with E-state index in [2.05, 4.69) is 5.32 Å². The molecular formula is C20H24N2O6S. The third-order valence-corrected chi connectivity index (χ3v) is 6.58. The highest BCUT2D eigenvalue weighted by Gasteiger charge is 2.27. The van der Waals surface area contributed by atoms with Crippen LogP contribution in [0, 0.1) is 6.92 Å². The van der Waals surface area contributed by atoms with E-state index in [9.17, 15) is 13.2 Å². The molecule has 1 fully saturated rings. The van der Waals surface area contributed by atoms with Crippen LogP contribution >= 0.6 is 0 Å². The van der Waals surface area contributed by atoms with Gasteiger partial charge in [0.25, 0.3) is 5.91 Å². The predicted octanol–water partition coefficient (Wildman–Crippen LogP) is 2.29. The number of ether oxygens (including phenoxy) is 3. The van der Waals surface area contributed by atoms with E-state index >= 15 is 0 Å². The monoisotopic (exact) mass is 420 g/mol. The summed E-state index contributed by atoms with van der Waals surface area (Å²) in [5.41, 5.74) is 1.58. The summed E-state index contributed by atoms with van der Waals surface area (Å²) in [4.78, 5) is 12.8. The van der Waals surface area contributed by atoms with E-state index in [1.54, 1.807) is 24.3 Å². The molecular weight excluding hydrogens is 396 g/mol. The standard InChI is InChI=1S/C20H24N2O6S/c1-14-11-18(26-2)19(27-3)13-17(14)21-20(23)15-5-4-6-16(12-15)29(24,25)22-7-9-28-10-8-22/h4-6,11-13H,7-10H2,1-3H3,(H,21,23). The summed E-state index contributed by atoms with van der Waals surface area (Å²) in [7, 11) is -0.632. The first-order valence-corrected chi connectivity index (χ1v) is 10.5. The van der Waals surface area contributed by atoms with Gasteiger partial charge >= 0.3 is 0 Å². The third-order valence-electron chi connectivity index (χ3n) is 4.68. The minimum atomic E-state index is -3.68. The number of benzene rings is 2. The first-order chi connectivity index (χ1) is 13.9. The van der Waals surface area contributed by atoms with Gasteiger partial charge in [-0.15, -0.1) is 0 Å². The van der Waals surface area contributed by atoms with Gasteiger partial charge in [-0.2, -0.15) is 4.31 Å². The lowest BCUT2D eigenvalue weighted by Gasteiger charge is -2.26. The number of carbonyl (C=O) groups is 1. The summed E-state index contributed by atoms with van der Waals surface area (Å²) in [5, 5.41) is 2.81. The lowest BCUT2D eigenvalue weighted by Crippen LogP contribution is -2.40. The Morgan fingerprint density at radius 1 is 1.07 bits per heavy atom. The fraction of sp³-hybridized carbons (Fsp3) is 0.350. The molecule has 0 radical (unpaired) electrons. The predicted molar refractivity (Wildman–Crippen MR) is 108 cm³/mol. The fourth-order valence-corrected chi connectivity index (χ4v) is 4.50. The highest BCUT2D eigenvalue weighted by atomic mass is 32.2. The molecule has 1 aliphatic rings. The van der Waals surface area contributed by atoms with Crippen LogP contribution in [0.4, 0.5) is 5.69 Å². The van der Waals surface area contributed by atoms with Crippen LogP contribution in [-0.2, 0) is 14.8 Å². The van der Waals surface area contributed by atoms with Crippen molar-refractivity contribution in [1.82, 2.24) is 4.31 Å². The minimum Gasteiger partial charge on any atom is -0.493 e. The van der Waals surface area contributed by atoms with Crippen LogP contribution in [0.15, 0.2) is 41.3 Å². The molecule has 2 aromatic rings. The average molecular weight is 420 g/mol. The molecule has 0 spiro atoms. The van der Waals surface area contributed by atoms with Gasteiger partial charge in [-0.1, -0.05) is 6.07 Å². The summed E-state index contributed by atoms with van der Waals surface area (Å²) < 4.78 is 42.8. The summed E-state index contributed by atoms with van der Waals surface area (Å²) in [6, 6.07) is 9.43. The van der Waals surface area contributed by atoms with Crippen molar-refractivity contribution in [2.45, 2.75) is 11.8 Å². The molecule has 1 amide bonds. The average Bonchev–Trinajstić information content (AvgIpc) is 2.75. The van der Waals surface area contributed by atoms with Gasteiger partial charge in [-0.25, -0.2) is 8.42 Å². The molecule has 1 saturated heterocycles. The maximum Gasteiger partial charge on any atom is 0.255 e. The molecule has 0 atom stereocenters. The molecule has 29 heavy (non-hydrogen) atoms. The highest BCUT2D eigenvalue weighted by Crippen LogP contribution is 2.33. The number of amides is 1. The van der Waals surface area contributed by atoms with Gasteiger partial charge in [-0.05, 0) is 36.8 Å². The normalized spacial score (nSPS) is 15.0. The van der Waals surface area contributed by atoms with Crippen LogP contribution in [0.3, 0.4) is 0 Å². The zero-order chi connectivity index (χ0) is 21.0. The molecule has 0 aliphatic carbocycles. The summed E-state index contributed by atoms with van der Waals surface area (Å²) in [6.45, 7) is 3.14. The van der Waals surface area contributed by atoms with Crippen LogP contribution in [0.2, 0.25) is 0 Å². The maximum atomic E-state index is 12.8. The second kappa shape index (κ2) is 8.81. The molecule has 0 unspecified atom stereocenters. The quantitative estimate of drug-likeness (QED) is 0.771. The largest absolute Gasteiger partial charge is 0.493 e. The number of methoxy groups -OCH3 is 2. The summed E-state index contributed by atoms with van der Waals surface area (Å²) in [6.07, 6.45) is 0. The van der Waals surface area contributed by atoms with Gasteiger partial charge < -0.3 is 19.5 Å². The number of hydrogen-bond donors (Lipinski definition) is 1. The zero-order valence-corrected chi connectivity index (χ0v) is 17.4. The molecule has 3 rings (SSSR count). The van der Waals surface area contributed by atoms with E-state index in [0.29, 0.717) is 43.5 Å². The first kappa shape index (κ1) is 21.1. The van der Waals surface area contributed by atoms with E-state index < -0.39 is 15.9 Å². The molecule has 0 saturated carbocycles. The minimum absolute atomic E-state index is 0.0797. The van der Waals surface area contributed by atoms with Gasteiger partial charge in [0, 0.05) is 30.4 Å². The molecule has 0 bridgehead atoms. The molecule has 1 heterocycles. The number of hydrogen-bond acceptors (Lipinski definition) is 6. The van der Waals surface area contributed by atoms with Crippen molar-refractivity contribution in [2.24, 2.45) is 0 Å². The Labute approximate surface area is 170 Å². The summed E-state index contributed by atoms with van der Waals surface area (Å²) >= 11 is 0. The lowest BCUT2D eigenvalue weighted by molar-refractivity contribution is 0.0730. The van der Waals surface area contributed by atoms with Gasteiger partial charge in [0.2, 0.25) is 10.0 Å². The van der Waals surface area contributed by atoms with Gasteiger partial charge in [0.1, 0.15) is 0 Å². The second-order valence-electron chi connectivity index (χ2n) is 6.52. The summed E-state index contributed by atoms with van der Waals surface area (Å²) in [5.74, 6) is 0.623. The van der Waals surface area contributed by atoms with Crippen LogP contribution < -0.4 is 14.8 Å². The Morgan fingerprint density at radius 3 is 2.38 bits per heavy atom. The van der Waals surface area contributed by atoms with Crippen molar-refractivity contribution >= 4 is 21.6 Å². The molecule has 2 aromatic carbocycles. The molecule has 1 N–H and O–H groups in total. The van der Waals surface area contributed by atoms with Crippen LogP contribution in [0.5, 0.6) is 11.5 Å². The van der Waals surface area contributed by atoms with Crippen molar-refractivity contribution in [3.63, 3.8) is 0 Å². The van der Waals surface area contributed by atoms with Crippen LogP contribution in [-0.4, -0.2) is 59.2 Å². The Kier molecular flexibility index (Phi) is 6.41. The Bertz CT molecular complexity index is 1000. The van der Waals surface area contributed by atoms with Gasteiger partial charge in [-0.3, -0.25) is 4.79 Å². The van der Waals surface area contributed by atoms with Gasteiger partial charge in [0.05, 0.1) is 32.3 Å². The second-order valence-corrected chi connectivity index (χ2v) is 8.46. The topological polar surface area (TPSA) is 94.2 Å². The fourth-order valence-electron chi connectivity index (χ4n) is 3.04. The Balaban J connectivity index is 1.85. The van der Waals surface area contributed by atoms with Crippen molar-refractivity contribution in [3.8, 4) is 11.5 Å². The third kappa shape index (κ3) is 4.52.